The van der Waals surface area contributed by atoms with E-state index in [1.54, 1.807) is 20.8 Å². The van der Waals surface area contributed by atoms with Crippen LogP contribution in [0.5, 0.6) is 0 Å². The molecule has 0 aliphatic carbocycles. The summed E-state index contributed by atoms with van der Waals surface area (Å²) in [5.41, 5.74) is -0.556. The van der Waals surface area contributed by atoms with Crippen LogP contribution < -0.4 is 10.6 Å². The molecular weight excluding hydrogens is 384 g/mol. The van der Waals surface area contributed by atoms with Gasteiger partial charge in [0.05, 0.1) is 18.5 Å². The number of likely N-dealkylation sites (tertiary alicyclic amines) is 2. The minimum absolute atomic E-state index is 0.0809. The summed E-state index contributed by atoms with van der Waals surface area (Å²) in [5, 5.41) is 5.48. The van der Waals surface area contributed by atoms with Crippen molar-refractivity contribution in [3.8, 4) is 12.3 Å². The molecule has 2 saturated heterocycles. The fourth-order valence-electron chi connectivity index (χ4n) is 3.99. The summed E-state index contributed by atoms with van der Waals surface area (Å²) in [6.45, 7) is 8.45. The number of piperidine rings is 2. The van der Waals surface area contributed by atoms with Gasteiger partial charge in [-0.1, -0.05) is 12.3 Å². The predicted octanol–water partition coefficient (Wildman–Crippen LogP) is 1.35. The molecule has 2 aliphatic heterocycles. The Morgan fingerprint density at radius 2 is 1.80 bits per heavy atom. The molecule has 0 saturated carbocycles. The largest absolute Gasteiger partial charge is 0.444 e. The molecule has 0 aromatic rings. The summed E-state index contributed by atoms with van der Waals surface area (Å²) in [5.74, 6) is 2.44. The van der Waals surface area contributed by atoms with E-state index in [-0.39, 0.29) is 23.8 Å². The molecule has 2 atom stereocenters. The Bertz CT molecular complexity index is 653. The lowest BCUT2D eigenvalue weighted by atomic mass is 9.94. The summed E-state index contributed by atoms with van der Waals surface area (Å²) in [4.78, 5) is 41.2. The number of carbonyl (C=O) groups excluding carboxylic acids is 3. The number of ether oxygens (including phenoxy) is 1. The second-order valence-electron chi connectivity index (χ2n) is 9.03. The molecule has 8 heteroatoms. The molecule has 30 heavy (non-hydrogen) atoms. The first kappa shape index (κ1) is 24.0. The third-order valence-corrected chi connectivity index (χ3v) is 5.39. The van der Waals surface area contributed by atoms with E-state index in [2.05, 4.69) is 21.5 Å². The van der Waals surface area contributed by atoms with E-state index in [0.29, 0.717) is 32.7 Å². The molecule has 2 rings (SSSR count). The van der Waals surface area contributed by atoms with Crippen molar-refractivity contribution in [3.63, 3.8) is 0 Å². The van der Waals surface area contributed by atoms with Crippen molar-refractivity contribution in [2.24, 2.45) is 5.92 Å². The maximum Gasteiger partial charge on any atom is 0.407 e. The van der Waals surface area contributed by atoms with Gasteiger partial charge in [-0.05, 0) is 53.0 Å². The highest BCUT2D eigenvalue weighted by atomic mass is 16.6. The second kappa shape index (κ2) is 11.2. The maximum absolute atomic E-state index is 13.1. The van der Waals surface area contributed by atoms with Gasteiger partial charge in [-0.2, -0.15) is 0 Å². The number of hydrogen-bond acceptors (Lipinski definition) is 5. The average molecular weight is 421 g/mol. The van der Waals surface area contributed by atoms with Gasteiger partial charge in [0.15, 0.2) is 0 Å². The number of alkyl carbamates (subject to hydrolysis) is 1. The van der Waals surface area contributed by atoms with E-state index < -0.39 is 11.7 Å². The Morgan fingerprint density at radius 3 is 2.50 bits per heavy atom. The number of carbonyl (C=O) groups is 3. The zero-order valence-corrected chi connectivity index (χ0v) is 18.5. The van der Waals surface area contributed by atoms with Crippen LogP contribution >= 0.6 is 0 Å². The molecule has 168 valence electrons. The molecule has 2 unspecified atom stereocenters. The Morgan fingerprint density at radius 1 is 1.07 bits per heavy atom. The van der Waals surface area contributed by atoms with E-state index in [1.807, 2.05) is 4.90 Å². The standard InChI is InChI=1S/C22H36N4O4/c1-5-13-25-14-7-6-10-18(25)20(28)26-15-8-9-17(16-26)19(27)23-11-12-24-21(29)30-22(2,3)4/h1,17-18H,6-16H2,2-4H3,(H,23,27)(H,24,29). The monoisotopic (exact) mass is 420 g/mol. The molecule has 2 heterocycles. The van der Waals surface area contributed by atoms with Gasteiger partial charge in [-0.15, -0.1) is 6.42 Å². The first-order valence-electron chi connectivity index (χ1n) is 10.9. The molecule has 8 nitrogen and oxygen atoms in total. The van der Waals surface area contributed by atoms with Crippen LogP contribution in [-0.2, 0) is 14.3 Å². The summed E-state index contributed by atoms with van der Waals surface area (Å²) >= 11 is 0. The number of amides is 3. The highest BCUT2D eigenvalue weighted by Gasteiger charge is 2.35. The van der Waals surface area contributed by atoms with Crippen LogP contribution in [0, 0.1) is 18.3 Å². The molecule has 2 fully saturated rings. The van der Waals surface area contributed by atoms with E-state index in [4.69, 9.17) is 11.2 Å². The quantitative estimate of drug-likeness (QED) is 0.500. The van der Waals surface area contributed by atoms with Crippen molar-refractivity contribution in [2.45, 2.75) is 64.5 Å². The van der Waals surface area contributed by atoms with Crippen molar-refractivity contribution in [3.05, 3.63) is 0 Å². The zero-order chi connectivity index (χ0) is 22.1. The van der Waals surface area contributed by atoms with Gasteiger partial charge in [0, 0.05) is 26.2 Å². The Balaban J connectivity index is 1.78. The van der Waals surface area contributed by atoms with Crippen molar-refractivity contribution in [1.29, 1.82) is 0 Å². The predicted molar refractivity (Wildman–Crippen MR) is 115 cm³/mol. The van der Waals surface area contributed by atoms with E-state index in [1.165, 1.54) is 0 Å². The smallest absolute Gasteiger partial charge is 0.407 e. The number of terminal acetylenes is 1. The summed E-state index contributed by atoms with van der Waals surface area (Å²) < 4.78 is 5.16. The van der Waals surface area contributed by atoms with Gasteiger partial charge in [0.2, 0.25) is 11.8 Å². The zero-order valence-electron chi connectivity index (χ0n) is 18.5. The van der Waals surface area contributed by atoms with Crippen LogP contribution in [0.25, 0.3) is 0 Å². The fourth-order valence-corrected chi connectivity index (χ4v) is 3.99. The Kier molecular flexibility index (Phi) is 8.97. The van der Waals surface area contributed by atoms with Crippen LogP contribution in [0.15, 0.2) is 0 Å². The lowest BCUT2D eigenvalue weighted by molar-refractivity contribution is -0.141. The third-order valence-electron chi connectivity index (χ3n) is 5.39. The number of nitrogens with zero attached hydrogens (tertiary/aromatic N) is 2. The first-order chi connectivity index (χ1) is 14.2. The molecule has 0 radical (unpaired) electrons. The Labute approximate surface area is 180 Å². The molecule has 2 aliphatic rings. The highest BCUT2D eigenvalue weighted by molar-refractivity contribution is 5.84. The van der Waals surface area contributed by atoms with E-state index >= 15 is 0 Å². The van der Waals surface area contributed by atoms with Crippen LogP contribution in [0.4, 0.5) is 4.79 Å². The average Bonchev–Trinajstić information content (AvgIpc) is 2.70. The second-order valence-corrected chi connectivity index (χ2v) is 9.03. The maximum atomic E-state index is 13.1. The van der Waals surface area contributed by atoms with Gasteiger partial charge in [-0.3, -0.25) is 14.5 Å². The molecule has 0 aromatic heterocycles. The van der Waals surface area contributed by atoms with Crippen molar-refractivity contribution < 1.29 is 19.1 Å². The van der Waals surface area contributed by atoms with Gasteiger partial charge in [-0.25, -0.2) is 4.79 Å². The fraction of sp³-hybridized carbons (Fsp3) is 0.773. The van der Waals surface area contributed by atoms with Crippen molar-refractivity contribution in [1.82, 2.24) is 20.4 Å². The number of rotatable bonds is 6. The van der Waals surface area contributed by atoms with Crippen LogP contribution in [-0.4, -0.2) is 78.6 Å². The number of nitrogens with one attached hydrogen (secondary N) is 2. The number of hydrogen-bond donors (Lipinski definition) is 2. The summed E-state index contributed by atoms with van der Waals surface area (Å²) in [6.07, 6.45) is 9.44. The van der Waals surface area contributed by atoms with E-state index in [9.17, 15) is 14.4 Å². The normalized spacial score (nSPS) is 22.7. The lowest BCUT2D eigenvalue weighted by Gasteiger charge is -2.39. The molecule has 3 amide bonds. The summed E-state index contributed by atoms with van der Waals surface area (Å²) in [6, 6.07) is -0.172. The van der Waals surface area contributed by atoms with Gasteiger partial charge >= 0.3 is 6.09 Å². The van der Waals surface area contributed by atoms with E-state index in [0.717, 1.165) is 38.6 Å². The molecule has 0 aromatic carbocycles. The summed E-state index contributed by atoms with van der Waals surface area (Å²) in [7, 11) is 0. The molecular formula is C22H36N4O4. The van der Waals surface area contributed by atoms with Crippen LogP contribution in [0.3, 0.4) is 0 Å². The first-order valence-corrected chi connectivity index (χ1v) is 10.9. The SMILES string of the molecule is C#CCN1CCCCC1C(=O)N1CCCC(C(=O)NCCNC(=O)OC(C)(C)C)C1. The van der Waals surface area contributed by atoms with Crippen LogP contribution in [0.1, 0.15) is 52.9 Å². The van der Waals surface area contributed by atoms with Gasteiger partial charge in [0.25, 0.3) is 0 Å². The molecule has 0 bridgehead atoms. The minimum atomic E-state index is -0.556. The molecule has 2 N–H and O–H groups in total. The topological polar surface area (TPSA) is 91.0 Å². The minimum Gasteiger partial charge on any atom is -0.444 e. The lowest BCUT2D eigenvalue weighted by Crippen LogP contribution is -2.54. The van der Waals surface area contributed by atoms with Gasteiger partial charge in [0.1, 0.15) is 5.60 Å². The van der Waals surface area contributed by atoms with Crippen LogP contribution in [0.2, 0.25) is 0 Å². The molecule has 0 spiro atoms. The van der Waals surface area contributed by atoms with Crippen molar-refractivity contribution in [2.75, 3.05) is 39.3 Å². The van der Waals surface area contributed by atoms with Crippen molar-refractivity contribution >= 4 is 17.9 Å². The highest BCUT2D eigenvalue weighted by Crippen LogP contribution is 2.23. The van der Waals surface area contributed by atoms with Gasteiger partial charge < -0.3 is 20.3 Å². The Hall–Kier alpha value is -2.27. The third kappa shape index (κ3) is 7.52.